The van der Waals surface area contributed by atoms with Gasteiger partial charge >= 0.3 is 0 Å². The summed E-state index contributed by atoms with van der Waals surface area (Å²) in [6, 6.07) is 11.5. The second kappa shape index (κ2) is 7.28. The van der Waals surface area contributed by atoms with Gasteiger partial charge in [0, 0.05) is 0 Å². The maximum atomic E-state index is 12.6. The number of thiazole rings is 1. The molecular weight excluding hydrogens is 384 g/mol. The van der Waals surface area contributed by atoms with Crippen LogP contribution in [0.3, 0.4) is 0 Å². The number of anilines is 1. The molecule has 0 aliphatic carbocycles. The summed E-state index contributed by atoms with van der Waals surface area (Å²) in [6.45, 7) is 0. The van der Waals surface area contributed by atoms with Crippen molar-refractivity contribution in [2.75, 3.05) is 32.0 Å². The van der Waals surface area contributed by atoms with Crippen LogP contribution in [0.15, 0.2) is 36.4 Å². The molecule has 0 N–H and O–H groups in total. The van der Waals surface area contributed by atoms with E-state index < -0.39 is 0 Å². The van der Waals surface area contributed by atoms with E-state index >= 15 is 0 Å². The molecule has 2 aromatic carbocycles. The van der Waals surface area contributed by atoms with Crippen LogP contribution in [0, 0.1) is 0 Å². The Labute approximate surface area is 165 Å². The minimum atomic E-state index is -0.153. The molecule has 0 spiro atoms. The zero-order valence-electron chi connectivity index (χ0n) is 15.1. The minimum absolute atomic E-state index is 0.0470. The second-order valence-corrected chi connectivity index (χ2v) is 7.95. The van der Waals surface area contributed by atoms with Crippen molar-refractivity contribution < 1.29 is 19.0 Å². The molecule has 8 heteroatoms. The smallest absolute Gasteiger partial charge is 0.240 e. The Kier molecular flexibility index (Phi) is 4.84. The number of fused-ring (bicyclic) bond motifs is 1. The first kappa shape index (κ1) is 17.9. The van der Waals surface area contributed by atoms with E-state index in [-0.39, 0.29) is 11.3 Å². The summed E-state index contributed by atoms with van der Waals surface area (Å²) in [5.74, 6) is 2.54. The molecule has 0 saturated carbocycles. The Balaban J connectivity index is 1.73. The highest BCUT2D eigenvalue weighted by atomic mass is 32.2. The van der Waals surface area contributed by atoms with E-state index in [0.717, 1.165) is 21.5 Å². The summed E-state index contributed by atoms with van der Waals surface area (Å²) in [4.78, 5) is 19.1. The van der Waals surface area contributed by atoms with Crippen LogP contribution in [0.4, 0.5) is 5.13 Å². The van der Waals surface area contributed by atoms with E-state index in [0.29, 0.717) is 22.4 Å². The van der Waals surface area contributed by atoms with Crippen molar-refractivity contribution >= 4 is 44.4 Å². The lowest BCUT2D eigenvalue weighted by atomic mass is 10.2. The molecule has 0 radical (unpaired) electrons. The number of carbonyl (C=O) groups is 1. The number of hydrogen-bond donors (Lipinski definition) is 0. The Morgan fingerprint density at radius 1 is 1.04 bits per heavy atom. The molecular formula is C19H18N2O4S2. The third kappa shape index (κ3) is 3.19. The van der Waals surface area contributed by atoms with Gasteiger partial charge in [0.15, 0.2) is 16.6 Å². The van der Waals surface area contributed by atoms with Crippen molar-refractivity contribution in [3.63, 3.8) is 0 Å². The Bertz CT molecular complexity index is 1000. The zero-order chi connectivity index (χ0) is 19.0. The van der Waals surface area contributed by atoms with Gasteiger partial charge < -0.3 is 14.2 Å². The predicted octanol–water partition coefficient (Wildman–Crippen LogP) is 4.10. The topological polar surface area (TPSA) is 60.9 Å². The molecule has 27 heavy (non-hydrogen) atoms. The molecule has 6 nitrogen and oxygen atoms in total. The van der Waals surface area contributed by atoms with E-state index in [1.807, 2.05) is 36.4 Å². The molecule has 0 bridgehead atoms. The quantitative estimate of drug-likeness (QED) is 0.640. The fraction of sp³-hybridized carbons (Fsp3) is 0.263. The maximum Gasteiger partial charge on any atom is 0.240 e. The third-order valence-corrected chi connectivity index (χ3v) is 6.58. The molecule has 3 aromatic rings. The lowest BCUT2D eigenvalue weighted by Crippen LogP contribution is -2.27. The van der Waals surface area contributed by atoms with Crippen molar-refractivity contribution in [2.45, 2.75) is 5.37 Å². The van der Waals surface area contributed by atoms with Crippen molar-refractivity contribution in [1.29, 1.82) is 0 Å². The van der Waals surface area contributed by atoms with E-state index in [2.05, 4.69) is 4.98 Å². The van der Waals surface area contributed by atoms with E-state index in [1.165, 1.54) is 11.3 Å². The first-order valence-electron chi connectivity index (χ1n) is 8.24. The Morgan fingerprint density at radius 3 is 2.59 bits per heavy atom. The van der Waals surface area contributed by atoms with Gasteiger partial charge in [-0.25, -0.2) is 4.98 Å². The first-order valence-corrected chi connectivity index (χ1v) is 10.1. The van der Waals surface area contributed by atoms with E-state index in [9.17, 15) is 4.79 Å². The fourth-order valence-corrected chi connectivity index (χ4v) is 5.26. The first-order chi connectivity index (χ1) is 13.1. The number of methoxy groups -OCH3 is 3. The molecule has 2 heterocycles. The molecule has 1 aliphatic heterocycles. The van der Waals surface area contributed by atoms with Crippen LogP contribution < -0.4 is 19.1 Å². The molecule has 1 atom stereocenters. The highest BCUT2D eigenvalue weighted by Crippen LogP contribution is 2.45. The van der Waals surface area contributed by atoms with Gasteiger partial charge in [-0.05, 0) is 35.9 Å². The predicted molar refractivity (Wildman–Crippen MR) is 108 cm³/mol. The van der Waals surface area contributed by atoms with Crippen LogP contribution in [0.1, 0.15) is 10.9 Å². The molecule has 1 amide bonds. The van der Waals surface area contributed by atoms with Crippen LogP contribution in [0.2, 0.25) is 0 Å². The van der Waals surface area contributed by atoms with Gasteiger partial charge in [-0.2, -0.15) is 0 Å². The average molecular weight is 402 g/mol. The number of ether oxygens (including phenoxy) is 3. The number of aromatic nitrogens is 1. The molecule has 140 valence electrons. The standard InChI is InChI=1S/C19H18N2O4S2/c1-23-12-5-6-13-16(9-12)27-19(20-13)21-17(22)10-26-18(21)11-4-7-14(24-2)15(8-11)25-3/h4-9,18H,10H2,1-3H3/t18-/m1/s1. The lowest BCUT2D eigenvalue weighted by molar-refractivity contribution is -0.115. The van der Waals surface area contributed by atoms with Gasteiger partial charge in [-0.1, -0.05) is 17.4 Å². The number of carbonyl (C=O) groups excluding carboxylic acids is 1. The summed E-state index contributed by atoms with van der Waals surface area (Å²) in [6.07, 6.45) is 0. The maximum absolute atomic E-state index is 12.6. The fourth-order valence-electron chi connectivity index (χ4n) is 3.01. The lowest BCUT2D eigenvalue weighted by Gasteiger charge is -2.22. The number of amides is 1. The van der Waals surface area contributed by atoms with Crippen LogP contribution in [0.5, 0.6) is 17.2 Å². The van der Waals surface area contributed by atoms with Crippen molar-refractivity contribution in [2.24, 2.45) is 0 Å². The van der Waals surface area contributed by atoms with Crippen LogP contribution >= 0.6 is 23.1 Å². The number of nitrogens with zero attached hydrogens (tertiary/aromatic N) is 2. The summed E-state index contributed by atoms with van der Waals surface area (Å²) in [5, 5.41) is 0.535. The Hall–Kier alpha value is -2.45. The molecule has 1 saturated heterocycles. The Morgan fingerprint density at radius 2 is 1.85 bits per heavy atom. The van der Waals surface area contributed by atoms with Gasteiger partial charge in [-0.3, -0.25) is 9.69 Å². The van der Waals surface area contributed by atoms with Crippen molar-refractivity contribution in [1.82, 2.24) is 4.98 Å². The van der Waals surface area contributed by atoms with E-state index in [4.69, 9.17) is 14.2 Å². The van der Waals surface area contributed by atoms with Crippen LogP contribution in [-0.2, 0) is 4.79 Å². The molecule has 1 aliphatic rings. The molecule has 1 fully saturated rings. The zero-order valence-corrected chi connectivity index (χ0v) is 16.7. The van der Waals surface area contributed by atoms with Gasteiger partial charge in [-0.15, -0.1) is 11.8 Å². The van der Waals surface area contributed by atoms with Gasteiger partial charge in [0.25, 0.3) is 0 Å². The normalized spacial score (nSPS) is 16.8. The average Bonchev–Trinajstić information content (AvgIpc) is 3.29. The van der Waals surface area contributed by atoms with Gasteiger partial charge in [0.1, 0.15) is 11.1 Å². The molecule has 1 aromatic heterocycles. The highest BCUT2D eigenvalue weighted by Gasteiger charge is 2.36. The van der Waals surface area contributed by atoms with Crippen molar-refractivity contribution in [3.05, 3.63) is 42.0 Å². The summed E-state index contributed by atoms with van der Waals surface area (Å²) in [7, 11) is 4.84. The summed E-state index contributed by atoms with van der Waals surface area (Å²) in [5.41, 5.74) is 1.83. The molecule has 4 rings (SSSR count). The third-order valence-electron chi connectivity index (χ3n) is 4.35. The van der Waals surface area contributed by atoms with Gasteiger partial charge in [0.05, 0.1) is 37.3 Å². The largest absolute Gasteiger partial charge is 0.497 e. The van der Waals surface area contributed by atoms with E-state index in [1.54, 1.807) is 38.0 Å². The number of rotatable bonds is 5. The SMILES string of the molecule is COc1ccc2nc(N3C(=O)CS[C@@H]3c3ccc(OC)c(OC)c3)sc2c1. The van der Waals surface area contributed by atoms with Gasteiger partial charge in [0.2, 0.25) is 5.91 Å². The second-order valence-electron chi connectivity index (χ2n) is 5.87. The molecule has 0 unspecified atom stereocenters. The number of hydrogen-bond acceptors (Lipinski definition) is 7. The minimum Gasteiger partial charge on any atom is -0.497 e. The number of thioether (sulfide) groups is 1. The highest BCUT2D eigenvalue weighted by molar-refractivity contribution is 8.00. The number of benzene rings is 2. The van der Waals surface area contributed by atoms with Crippen molar-refractivity contribution in [3.8, 4) is 17.2 Å². The van der Waals surface area contributed by atoms with Crippen LogP contribution in [0.25, 0.3) is 10.2 Å². The summed E-state index contributed by atoms with van der Waals surface area (Å²) < 4.78 is 17.0. The van der Waals surface area contributed by atoms with Crippen LogP contribution in [-0.4, -0.2) is 38.0 Å². The summed E-state index contributed by atoms with van der Waals surface area (Å²) >= 11 is 3.07. The monoisotopic (exact) mass is 402 g/mol.